The highest BCUT2D eigenvalue weighted by Gasteiger charge is 2.12. The molecule has 2 aromatic heterocycles. The Morgan fingerprint density at radius 1 is 1.26 bits per heavy atom. The topological polar surface area (TPSA) is 65.4 Å². The molecule has 0 radical (unpaired) electrons. The molecule has 3 rings (SSSR count). The van der Waals surface area contributed by atoms with Gasteiger partial charge in [0.05, 0.1) is 23.0 Å². The monoisotopic (exact) mass is 385 g/mol. The summed E-state index contributed by atoms with van der Waals surface area (Å²) in [5.74, 6) is 0.723. The van der Waals surface area contributed by atoms with Gasteiger partial charge >= 0.3 is 0 Å². The predicted molar refractivity (Wildman–Crippen MR) is 106 cm³/mol. The minimum absolute atomic E-state index is 0.161. The molecule has 142 valence electrons. The van der Waals surface area contributed by atoms with Crippen LogP contribution in [-0.2, 0) is 18.1 Å². The molecular weight excluding hydrogens is 362 g/mol. The second-order valence-electron chi connectivity index (χ2n) is 6.45. The van der Waals surface area contributed by atoms with Crippen LogP contribution in [0.4, 0.5) is 5.69 Å². The number of aromatic nitrogens is 2. The van der Waals surface area contributed by atoms with E-state index in [1.54, 1.807) is 24.2 Å². The summed E-state index contributed by atoms with van der Waals surface area (Å²) in [7, 11) is 1.59. The molecule has 0 atom stereocenters. The molecule has 1 aromatic carbocycles. The molecular formula is C20H23N3O3S. The Kier molecular flexibility index (Phi) is 5.93. The Bertz CT molecular complexity index is 946. The molecule has 0 saturated heterocycles. The minimum atomic E-state index is -0.161. The average molecular weight is 385 g/mol. The van der Waals surface area contributed by atoms with Gasteiger partial charge in [-0.05, 0) is 55.0 Å². The molecule has 0 saturated carbocycles. The molecule has 1 amide bonds. The maximum absolute atomic E-state index is 12.4. The number of anilines is 1. The average Bonchev–Trinajstić information content (AvgIpc) is 3.27. The van der Waals surface area contributed by atoms with E-state index in [1.165, 1.54) is 22.5 Å². The van der Waals surface area contributed by atoms with Crippen LogP contribution < -0.4 is 10.1 Å². The van der Waals surface area contributed by atoms with Crippen molar-refractivity contribution in [2.45, 2.75) is 34.1 Å². The minimum Gasteiger partial charge on any atom is -0.489 e. The maximum atomic E-state index is 12.4. The lowest BCUT2D eigenvalue weighted by molar-refractivity contribution is 0.103. The molecule has 0 fully saturated rings. The van der Waals surface area contributed by atoms with Crippen molar-refractivity contribution < 1.29 is 14.3 Å². The molecule has 27 heavy (non-hydrogen) atoms. The molecule has 6 nitrogen and oxygen atoms in total. The van der Waals surface area contributed by atoms with Gasteiger partial charge in [-0.3, -0.25) is 4.79 Å². The van der Waals surface area contributed by atoms with E-state index in [1.807, 2.05) is 17.5 Å². The van der Waals surface area contributed by atoms with Gasteiger partial charge in [0.2, 0.25) is 0 Å². The number of nitrogens with zero attached hydrogens (tertiary/aromatic N) is 2. The fraction of sp³-hybridized carbons (Fsp3) is 0.300. The van der Waals surface area contributed by atoms with Gasteiger partial charge in [-0.15, -0.1) is 11.3 Å². The van der Waals surface area contributed by atoms with E-state index in [0.717, 1.165) is 16.9 Å². The lowest BCUT2D eigenvalue weighted by Gasteiger charge is -2.11. The molecule has 2 heterocycles. The molecule has 3 aromatic rings. The Morgan fingerprint density at radius 2 is 2.07 bits per heavy atom. The number of benzene rings is 1. The van der Waals surface area contributed by atoms with E-state index >= 15 is 0 Å². The fourth-order valence-electron chi connectivity index (χ4n) is 2.71. The third-order valence-corrected chi connectivity index (χ3v) is 5.17. The first-order chi connectivity index (χ1) is 13.0. The summed E-state index contributed by atoms with van der Waals surface area (Å²) in [4.78, 5) is 13.0. The summed E-state index contributed by atoms with van der Waals surface area (Å²) in [5.41, 5.74) is 5.13. The van der Waals surface area contributed by atoms with Crippen molar-refractivity contribution in [3.63, 3.8) is 0 Å². The zero-order valence-electron chi connectivity index (χ0n) is 15.9. The Morgan fingerprint density at radius 3 is 2.85 bits per heavy atom. The zero-order chi connectivity index (χ0) is 19.4. The molecule has 0 unspecified atom stereocenters. The number of carbonyl (C=O) groups excluding carboxylic acids is 1. The normalized spacial score (nSPS) is 10.8. The number of nitrogens with one attached hydrogen (secondary N) is 1. The van der Waals surface area contributed by atoms with Gasteiger partial charge < -0.3 is 14.8 Å². The summed E-state index contributed by atoms with van der Waals surface area (Å²) in [6.07, 6.45) is 3.32. The van der Waals surface area contributed by atoms with Crippen LogP contribution in [0.1, 0.15) is 31.9 Å². The standard InChI is InChI=1S/C20H23N3O3S/c1-13-5-14(2)15(3)18(6-13)26-10-16-7-19(27-11-16)20(24)22-17-8-21-23(9-17)12-25-4/h5-9,11H,10,12H2,1-4H3,(H,22,24). The summed E-state index contributed by atoms with van der Waals surface area (Å²) in [5, 5.41) is 8.89. The quantitative estimate of drug-likeness (QED) is 0.658. The van der Waals surface area contributed by atoms with Gasteiger partial charge in [0, 0.05) is 12.7 Å². The number of aryl methyl sites for hydroxylation is 2. The van der Waals surface area contributed by atoms with E-state index in [0.29, 0.717) is 23.9 Å². The van der Waals surface area contributed by atoms with Gasteiger partial charge in [0.1, 0.15) is 19.1 Å². The van der Waals surface area contributed by atoms with E-state index < -0.39 is 0 Å². The maximum Gasteiger partial charge on any atom is 0.265 e. The Labute approximate surface area is 162 Å². The van der Waals surface area contributed by atoms with Crippen molar-refractivity contribution in [1.29, 1.82) is 0 Å². The molecule has 0 spiro atoms. The summed E-state index contributed by atoms with van der Waals surface area (Å²) in [6, 6.07) is 6.04. The van der Waals surface area contributed by atoms with Crippen molar-refractivity contribution in [3.05, 3.63) is 63.1 Å². The van der Waals surface area contributed by atoms with Gasteiger partial charge in [0.25, 0.3) is 5.91 Å². The van der Waals surface area contributed by atoms with Gasteiger partial charge in [-0.2, -0.15) is 5.10 Å². The first-order valence-corrected chi connectivity index (χ1v) is 9.45. The van der Waals surface area contributed by atoms with Crippen LogP contribution in [0.2, 0.25) is 0 Å². The van der Waals surface area contributed by atoms with Gasteiger partial charge in [-0.25, -0.2) is 4.68 Å². The molecule has 0 aliphatic heterocycles. The van der Waals surface area contributed by atoms with E-state index in [-0.39, 0.29) is 5.91 Å². The van der Waals surface area contributed by atoms with Crippen LogP contribution in [0.3, 0.4) is 0 Å². The number of thiophene rings is 1. The molecule has 1 N–H and O–H groups in total. The predicted octanol–water partition coefficient (Wildman–Crippen LogP) is 4.31. The van der Waals surface area contributed by atoms with Crippen LogP contribution in [0.25, 0.3) is 0 Å². The fourth-order valence-corrected chi connectivity index (χ4v) is 3.50. The Hall–Kier alpha value is -2.64. The van der Waals surface area contributed by atoms with Crippen LogP contribution >= 0.6 is 11.3 Å². The first-order valence-electron chi connectivity index (χ1n) is 8.57. The lowest BCUT2D eigenvalue weighted by atomic mass is 10.1. The highest BCUT2D eigenvalue weighted by Crippen LogP contribution is 2.25. The summed E-state index contributed by atoms with van der Waals surface area (Å²) >= 11 is 1.40. The van der Waals surface area contributed by atoms with Crippen LogP contribution in [0.15, 0.2) is 36.0 Å². The number of carbonyl (C=O) groups is 1. The van der Waals surface area contributed by atoms with Crippen LogP contribution in [0, 0.1) is 20.8 Å². The number of rotatable bonds is 7. The molecule has 0 bridgehead atoms. The zero-order valence-corrected chi connectivity index (χ0v) is 16.7. The van der Waals surface area contributed by atoms with Crippen LogP contribution in [-0.4, -0.2) is 22.8 Å². The van der Waals surface area contributed by atoms with Crippen molar-refractivity contribution in [3.8, 4) is 5.75 Å². The van der Waals surface area contributed by atoms with E-state index in [2.05, 4.69) is 37.3 Å². The van der Waals surface area contributed by atoms with Crippen molar-refractivity contribution in [1.82, 2.24) is 9.78 Å². The van der Waals surface area contributed by atoms with Crippen molar-refractivity contribution in [2.75, 3.05) is 12.4 Å². The number of methoxy groups -OCH3 is 1. The smallest absolute Gasteiger partial charge is 0.265 e. The molecule has 0 aliphatic carbocycles. The largest absolute Gasteiger partial charge is 0.489 e. The van der Waals surface area contributed by atoms with E-state index in [9.17, 15) is 4.79 Å². The second kappa shape index (κ2) is 8.37. The first kappa shape index (κ1) is 19.1. The van der Waals surface area contributed by atoms with E-state index in [4.69, 9.17) is 9.47 Å². The van der Waals surface area contributed by atoms with Crippen molar-refractivity contribution >= 4 is 22.9 Å². The van der Waals surface area contributed by atoms with Crippen molar-refractivity contribution in [2.24, 2.45) is 0 Å². The molecule has 0 aliphatic rings. The third-order valence-electron chi connectivity index (χ3n) is 4.19. The number of hydrogen-bond acceptors (Lipinski definition) is 5. The number of ether oxygens (including phenoxy) is 2. The number of hydrogen-bond donors (Lipinski definition) is 1. The highest BCUT2D eigenvalue weighted by molar-refractivity contribution is 7.12. The van der Waals surface area contributed by atoms with Gasteiger partial charge in [0.15, 0.2) is 0 Å². The summed E-state index contributed by atoms with van der Waals surface area (Å²) in [6.45, 7) is 6.96. The highest BCUT2D eigenvalue weighted by atomic mass is 32.1. The second-order valence-corrected chi connectivity index (χ2v) is 7.36. The molecule has 7 heteroatoms. The lowest BCUT2D eigenvalue weighted by Crippen LogP contribution is -2.09. The Balaban J connectivity index is 1.61. The third kappa shape index (κ3) is 4.75. The SMILES string of the molecule is COCn1cc(NC(=O)c2cc(COc3cc(C)cc(C)c3C)cs2)cn1. The van der Waals surface area contributed by atoms with Crippen LogP contribution in [0.5, 0.6) is 5.75 Å². The van der Waals surface area contributed by atoms with Gasteiger partial charge in [-0.1, -0.05) is 6.07 Å². The summed E-state index contributed by atoms with van der Waals surface area (Å²) < 4.78 is 12.6. The number of amides is 1.